The van der Waals surface area contributed by atoms with Crippen LogP contribution in [0.2, 0.25) is 5.02 Å². The lowest BCUT2D eigenvalue weighted by atomic mass is 10.0. The summed E-state index contributed by atoms with van der Waals surface area (Å²) in [5, 5.41) is 5.66. The lowest BCUT2D eigenvalue weighted by molar-refractivity contribution is -0.114. The van der Waals surface area contributed by atoms with Crippen molar-refractivity contribution in [3.05, 3.63) is 101 Å². The molecule has 0 saturated heterocycles. The SMILES string of the molecule is Cc1cc(Cl)ccc1NC(=O)NC(=O)C(=Cc1ccccc1)c1ccccc1. The van der Waals surface area contributed by atoms with Crippen molar-refractivity contribution in [3.63, 3.8) is 0 Å². The van der Waals surface area contributed by atoms with Crippen molar-refractivity contribution in [2.75, 3.05) is 5.32 Å². The van der Waals surface area contributed by atoms with Crippen LogP contribution in [-0.4, -0.2) is 11.9 Å². The van der Waals surface area contributed by atoms with Crippen LogP contribution in [0.5, 0.6) is 0 Å². The van der Waals surface area contributed by atoms with Gasteiger partial charge in [-0.3, -0.25) is 10.1 Å². The Bertz CT molecular complexity index is 1020. The number of carbonyl (C=O) groups excluding carboxylic acids is 2. The van der Waals surface area contributed by atoms with E-state index in [4.69, 9.17) is 11.6 Å². The summed E-state index contributed by atoms with van der Waals surface area (Å²) < 4.78 is 0. The van der Waals surface area contributed by atoms with Crippen molar-refractivity contribution in [3.8, 4) is 0 Å². The second-order valence-corrected chi connectivity index (χ2v) is 6.64. The molecular weight excluding hydrogens is 372 g/mol. The number of hydrogen-bond acceptors (Lipinski definition) is 2. The summed E-state index contributed by atoms with van der Waals surface area (Å²) in [6.07, 6.45) is 1.76. The minimum absolute atomic E-state index is 0.398. The van der Waals surface area contributed by atoms with Crippen LogP contribution in [0.15, 0.2) is 78.9 Å². The van der Waals surface area contributed by atoms with Crippen LogP contribution in [0.1, 0.15) is 16.7 Å². The summed E-state index contributed by atoms with van der Waals surface area (Å²) in [4.78, 5) is 25.2. The Hall–Kier alpha value is -3.37. The van der Waals surface area contributed by atoms with Gasteiger partial charge < -0.3 is 5.32 Å². The van der Waals surface area contributed by atoms with Gasteiger partial charge in [0.15, 0.2) is 0 Å². The Kier molecular flexibility index (Phi) is 6.25. The van der Waals surface area contributed by atoms with E-state index in [-0.39, 0.29) is 0 Å². The second-order valence-electron chi connectivity index (χ2n) is 6.20. The number of amides is 3. The fraction of sp³-hybridized carbons (Fsp3) is 0.0435. The number of halogens is 1. The molecular formula is C23H19ClN2O2. The smallest absolute Gasteiger partial charge is 0.307 e. The van der Waals surface area contributed by atoms with Crippen molar-refractivity contribution in [1.29, 1.82) is 0 Å². The van der Waals surface area contributed by atoms with E-state index in [0.29, 0.717) is 16.3 Å². The maximum atomic E-state index is 12.8. The van der Waals surface area contributed by atoms with E-state index in [0.717, 1.165) is 16.7 Å². The molecule has 3 amide bonds. The monoisotopic (exact) mass is 390 g/mol. The van der Waals surface area contributed by atoms with Crippen LogP contribution in [0.3, 0.4) is 0 Å². The van der Waals surface area contributed by atoms with Gasteiger partial charge in [-0.1, -0.05) is 72.3 Å². The van der Waals surface area contributed by atoms with E-state index in [9.17, 15) is 9.59 Å². The summed E-state index contributed by atoms with van der Waals surface area (Å²) in [6, 6.07) is 23.2. The molecule has 0 spiro atoms. The number of carbonyl (C=O) groups is 2. The Morgan fingerprint density at radius 2 is 1.54 bits per heavy atom. The molecule has 0 unspecified atom stereocenters. The van der Waals surface area contributed by atoms with Crippen molar-refractivity contribution >= 4 is 40.9 Å². The molecule has 0 aliphatic heterocycles. The lowest BCUT2D eigenvalue weighted by Gasteiger charge is -2.11. The molecule has 0 radical (unpaired) electrons. The summed E-state index contributed by atoms with van der Waals surface area (Å²) >= 11 is 5.93. The first-order valence-corrected chi connectivity index (χ1v) is 9.11. The molecule has 0 aliphatic carbocycles. The van der Waals surface area contributed by atoms with Gasteiger partial charge in [0.1, 0.15) is 0 Å². The highest BCUT2D eigenvalue weighted by Crippen LogP contribution is 2.21. The van der Waals surface area contributed by atoms with Gasteiger partial charge in [-0.2, -0.15) is 0 Å². The summed E-state index contributed by atoms with van der Waals surface area (Å²) in [6.45, 7) is 1.83. The first kappa shape index (κ1) is 19.4. The summed E-state index contributed by atoms with van der Waals surface area (Å²) in [5.41, 5.74) is 3.38. The van der Waals surface area contributed by atoms with E-state index in [2.05, 4.69) is 10.6 Å². The van der Waals surface area contributed by atoms with Crippen LogP contribution < -0.4 is 10.6 Å². The number of aryl methyl sites for hydroxylation is 1. The molecule has 0 heterocycles. The predicted octanol–water partition coefficient (Wildman–Crippen LogP) is 5.54. The van der Waals surface area contributed by atoms with Crippen LogP contribution >= 0.6 is 11.6 Å². The maximum Gasteiger partial charge on any atom is 0.326 e. The van der Waals surface area contributed by atoms with Crippen molar-refractivity contribution in [1.82, 2.24) is 5.32 Å². The maximum absolute atomic E-state index is 12.8. The predicted molar refractivity (Wildman–Crippen MR) is 114 cm³/mol. The summed E-state index contributed by atoms with van der Waals surface area (Å²) in [5.74, 6) is -0.487. The van der Waals surface area contributed by atoms with Crippen molar-refractivity contribution < 1.29 is 9.59 Å². The van der Waals surface area contributed by atoms with Gasteiger partial charge in [0.05, 0.1) is 0 Å². The molecule has 3 aromatic rings. The number of benzene rings is 3. The van der Waals surface area contributed by atoms with E-state index < -0.39 is 11.9 Å². The first-order chi connectivity index (χ1) is 13.5. The fourth-order valence-electron chi connectivity index (χ4n) is 2.70. The Labute approximate surface area is 168 Å². The fourth-order valence-corrected chi connectivity index (χ4v) is 2.93. The molecule has 5 heteroatoms. The third-order valence-corrected chi connectivity index (χ3v) is 4.34. The van der Waals surface area contributed by atoms with Gasteiger partial charge >= 0.3 is 6.03 Å². The van der Waals surface area contributed by atoms with E-state index in [1.807, 2.05) is 67.6 Å². The van der Waals surface area contributed by atoms with Crippen LogP contribution in [0, 0.1) is 6.92 Å². The molecule has 0 fully saturated rings. The number of urea groups is 1. The minimum Gasteiger partial charge on any atom is -0.307 e. The highest BCUT2D eigenvalue weighted by Gasteiger charge is 2.16. The molecule has 0 atom stereocenters. The molecule has 2 N–H and O–H groups in total. The second kappa shape index (κ2) is 9.02. The molecule has 0 saturated carbocycles. The number of rotatable bonds is 4. The van der Waals surface area contributed by atoms with E-state index in [1.165, 1.54) is 0 Å². The lowest BCUT2D eigenvalue weighted by Crippen LogP contribution is -2.35. The van der Waals surface area contributed by atoms with Gasteiger partial charge in [0.25, 0.3) is 5.91 Å². The molecule has 3 aromatic carbocycles. The van der Waals surface area contributed by atoms with Crippen LogP contribution in [-0.2, 0) is 4.79 Å². The number of imide groups is 1. The third kappa shape index (κ3) is 5.09. The van der Waals surface area contributed by atoms with Gasteiger partial charge in [-0.25, -0.2) is 4.79 Å². The highest BCUT2D eigenvalue weighted by atomic mass is 35.5. The molecule has 140 valence electrons. The van der Waals surface area contributed by atoms with Gasteiger partial charge in [0.2, 0.25) is 0 Å². The Balaban J connectivity index is 1.81. The summed E-state index contributed by atoms with van der Waals surface area (Å²) in [7, 11) is 0. The Morgan fingerprint density at radius 3 is 2.18 bits per heavy atom. The van der Waals surface area contributed by atoms with Crippen molar-refractivity contribution in [2.24, 2.45) is 0 Å². The van der Waals surface area contributed by atoms with Crippen LogP contribution in [0.25, 0.3) is 11.6 Å². The molecule has 0 aliphatic rings. The number of nitrogens with one attached hydrogen (secondary N) is 2. The zero-order valence-electron chi connectivity index (χ0n) is 15.3. The normalized spacial score (nSPS) is 11.0. The van der Waals surface area contributed by atoms with Gasteiger partial charge in [-0.05, 0) is 47.9 Å². The average Bonchev–Trinajstić information content (AvgIpc) is 2.69. The minimum atomic E-state index is -0.606. The molecule has 4 nitrogen and oxygen atoms in total. The number of anilines is 1. The number of hydrogen-bond donors (Lipinski definition) is 2. The standard InChI is InChI=1S/C23H19ClN2O2/c1-16-14-19(24)12-13-21(16)25-23(28)26-22(27)20(18-10-6-3-7-11-18)15-17-8-4-2-5-9-17/h2-15H,1H3,(H2,25,26,27,28). The Morgan fingerprint density at radius 1 is 0.893 bits per heavy atom. The van der Waals surface area contributed by atoms with E-state index >= 15 is 0 Å². The quantitative estimate of drug-likeness (QED) is 0.454. The van der Waals surface area contributed by atoms with Gasteiger partial charge in [0, 0.05) is 16.3 Å². The van der Waals surface area contributed by atoms with Crippen LogP contribution in [0.4, 0.5) is 10.5 Å². The van der Waals surface area contributed by atoms with Crippen molar-refractivity contribution in [2.45, 2.75) is 6.92 Å². The van der Waals surface area contributed by atoms with E-state index in [1.54, 1.807) is 24.3 Å². The topological polar surface area (TPSA) is 58.2 Å². The average molecular weight is 391 g/mol. The largest absolute Gasteiger partial charge is 0.326 e. The van der Waals surface area contributed by atoms with Gasteiger partial charge in [-0.15, -0.1) is 0 Å². The highest BCUT2D eigenvalue weighted by molar-refractivity contribution is 6.31. The molecule has 0 aromatic heterocycles. The molecule has 28 heavy (non-hydrogen) atoms. The zero-order valence-corrected chi connectivity index (χ0v) is 16.0. The molecule has 0 bridgehead atoms. The molecule has 3 rings (SSSR count). The third-order valence-electron chi connectivity index (χ3n) is 4.10. The zero-order chi connectivity index (χ0) is 19.9. The first-order valence-electron chi connectivity index (χ1n) is 8.73.